The van der Waals surface area contributed by atoms with Crippen LogP contribution in [0.2, 0.25) is 0 Å². The fraction of sp³-hybridized carbons (Fsp3) is 0.188. The van der Waals surface area contributed by atoms with Crippen LogP contribution < -0.4 is 10.0 Å². The summed E-state index contributed by atoms with van der Waals surface area (Å²) in [6.45, 7) is 1.84. The van der Waals surface area contributed by atoms with Crippen molar-refractivity contribution in [3.63, 3.8) is 0 Å². The number of hydrogen-bond donors (Lipinski definition) is 2. The third-order valence-electron chi connectivity index (χ3n) is 2.99. The van der Waals surface area contributed by atoms with E-state index in [1.165, 1.54) is 6.08 Å². The summed E-state index contributed by atoms with van der Waals surface area (Å²) in [6.07, 6.45) is 4.34. The van der Waals surface area contributed by atoms with E-state index in [0.717, 1.165) is 16.7 Å². The molecule has 0 spiro atoms. The van der Waals surface area contributed by atoms with Crippen LogP contribution in [0.1, 0.15) is 23.4 Å². The highest BCUT2D eigenvalue weighted by Gasteiger charge is 2.09. The van der Waals surface area contributed by atoms with Crippen molar-refractivity contribution in [2.45, 2.75) is 13.0 Å². The molecule has 2 N–H and O–H groups in total. The van der Waals surface area contributed by atoms with Crippen molar-refractivity contribution < 1.29 is 13.2 Å². The molecule has 0 fully saturated rings. The second-order valence-corrected chi connectivity index (χ2v) is 7.81. The third kappa shape index (κ3) is 5.88. The second-order valence-electron chi connectivity index (χ2n) is 5.08. The maximum atomic E-state index is 11.9. The lowest BCUT2D eigenvalue weighted by Crippen LogP contribution is -2.24. The number of sulfonamides is 1. The van der Waals surface area contributed by atoms with Gasteiger partial charge in [-0.15, -0.1) is 11.3 Å². The number of anilines is 1. The highest BCUT2D eigenvalue weighted by atomic mass is 32.2. The number of amides is 1. The number of rotatable bonds is 6. The first-order chi connectivity index (χ1) is 10.8. The van der Waals surface area contributed by atoms with Crippen LogP contribution >= 0.6 is 11.3 Å². The molecule has 0 aliphatic rings. The normalized spacial score (nSPS) is 13.0. The van der Waals surface area contributed by atoms with Gasteiger partial charge in [0.25, 0.3) is 0 Å². The van der Waals surface area contributed by atoms with Crippen molar-refractivity contribution in [3.8, 4) is 0 Å². The van der Waals surface area contributed by atoms with Crippen LogP contribution in [-0.2, 0) is 14.8 Å². The minimum absolute atomic E-state index is 0.202. The molecule has 0 saturated carbocycles. The lowest BCUT2D eigenvalue weighted by Gasteiger charge is -2.14. The molecule has 7 heteroatoms. The Morgan fingerprint density at radius 3 is 2.70 bits per heavy atom. The molecule has 1 unspecified atom stereocenters. The van der Waals surface area contributed by atoms with Gasteiger partial charge in [-0.1, -0.05) is 18.2 Å². The quantitative estimate of drug-likeness (QED) is 0.787. The number of thiophene rings is 1. The average Bonchev–Trinajstić information content (AvgIpc) is 2.97. The van der Waals surface area contributed by atoms with E-state index in [1.807, 2.05) is 30.5 Å². The standard InChI is InChI=1S/C16H18N2O3S2/c1-12(17-16(19)9-8-15-7-4-10-22-15)13-5-3-6-14(11-13)18-23(2,20)21/h3-12,18H,1-2H3,(H,17,19). The van der Waals surface area contributed by atoms with E-state index >= 15 is 0 Å². The summed E-state index contributed by atoms with van der Waals surface area (Å²) in [6, 6.07) is 10.6. The predicted molar refractivity (Wildman–Crippen MR) is 94.8 cm³/mol. The molecule has 2 rings (SSSR count). The summed E-state index contributed by atoms with van der Waals surface area (Å²) in [5.41, 5.74) is 1.29. The van der Waals surface area contributed by atoms with E-state index in [2.05, 4.69) is 10.0 Å². The van der Waals surface area contributed by atoms with E-state index in [9.17, 15) is 13.2 Å². The topological polar surface area (TPSA) is 75.3 Å². The van der Waals surface area contributed by atoms with Gasteiger partial charge in [-0.05, 0) is 42.1 Å². The monoisotopic (exact) mass is 350 g/mol. The zero-order valence-electron chi connectivity index (χ0n) is 12.8. The Kier molecular flexibility index (Phi) is 5.57. The number of carbonyl (C=O) groups is 1. The van der Waals surface area contributed by atoms with Crippen molar-refractivity contribution in [1.82, 2.24) is 5.32 Å². The lowest BCUT2D eigenvalue weighted by atomic mass is 10.1. The summed E-state index contributed by atoms with van der Waals surface area (Å²) >= 11 is 1.56. The molecule has 1 heterocycles. The number of carbonyl (C=O) groups excluding carboxylic acids is 1. The summed E-state index contributed by atoms with van der Waals surface area (Å²) in [5, 5.41) is 4.80. The van der Waals surface area contributed by atoms with Gasteiger partial charge in [0.05, 0.1) is 12.3 Å². The molecule has 0 aliphatic heterocycles. The summed E-state index contributed by atoms with van der Waals surface area (Å²) in [4.78, 5) is 12.9. The van der Waals surface area contributed by atoms with Crippen LogP contribution in [0.3, 0.4) is 0 Å². The van der Waals surface area contributed by atoms with E-state index in [4.69, 9.17) is 0 Å². The number of benzene rings is 1. The Morgan fingerprint density at radius 2 is 2.04 bits per heavy atom. The van der Waals surface area contributed by atoms with Gasteiger partial charge in [-0.2, -0.15) is 0 Å². The molecule has 1 aromatic carbocycles. The van der Waals surface area contributed by atoms with Crippen LogP contribution in [0.25, 0.3) is 6.08 Å². The first kappa shape index (κ1) is 17.2. The van der Waals surface area contributed by atoms with Crippen molar-refractivity contribution in [1.29, 1.82) is 0 Å². The SMILES string of the molecule is CC(NC(=O)C=Cc1cccs1)c1cccc(NS(C)(=O)=O)c1. The van der Waals surface area contributed by atoms with Gasteiger partial charge < -0.3 is 5.32 Å². The fourth-order valence-corrected chi connectivity index (χ4v) is 3.15. The van der Waals surface area contributed by atoms with Gasteiger partial charge >= 0.3 is 0 Å². The Morgan fingerprint density at radius 1 is 1.26 bits per heavy atom. The number of nitrogens with one attached hydrogen (secondary N) is 2. The molecule has 1 amide bonds. The van der Waals surface area contributed by atoms with Crippen LogP contribution in [0.15, 0.2) is 47.9 Å². The Hall–Kier alpha value is -2.12. The van der Waals surface area contributed by atoms with E-state index < -0.39 is 10.0 Å². The maximum Gasteiger partial charge on any atom is 0.244 e. The highest BCUT2D eigenvalue weighted by molar-refractivity contribution is 7.92. The van der Waals surface area contributed by atoms with Crippen LogP contribution in [0, 0.1) is 0 Å². The first-order valence-electron chi connectivity index (χ1n) is 6.93. The van der Waals surface area contributed by atoms with Crippen molar-refractivity contribution >= 4 is 39.0 Å². The molecule has 5 nitrogen and oxygen atoms in total. The minimum Gasteiger partial charge on any atom is -0.346 e. The predicted octanol–water partition coefficient (Wildman–Crippen LogP) is 3.01. The van der Waals surface area contributed by atoms with Gasteiger partial charge in [0, 0.05) is 16.6 Å². The molecule has 0 radical (unpaired) electrons. The van der Waals surface area contributed by atoms with Gasteiger partial charge in [0.1, 0.15) is 0 Å². The van der Waals surface area contributed by atoms with Gasteiger partial charge in [-0.25, -0.2) is 8.42 Å². The van der Waals surface area contributed by atoms with Crippen LogP contribution in [0.4, 0.5) is 5.69 Å². The average molecular weight is 350 g/mol. The fourth-order valence-electron chi connectivity index (χ4n) is 1.97. The molecule has 1 atom stereocenters. The van der Waals surface area contributed by atoms with E-state index in [0.29, 0.717) is 5.69 Å². The molecule has 0 saturated heterocycles. The third-order valence-corrected chi connectivity index (χ3v) is 4.43. The smallest absolute Gasteiger partial charge is 0.244 e. The zero-order chi connectivity index (χ0) is 16.9. The Bertz CT molecular complexity index is 796. The molecular weight excluding hydrogens is 332 g/mol. The van der Waals surface area contributed by atoms with Crippen molar-refractivity contribution in [2.24, 2.45) is 0 Å². The Balaban J connectivity index is 2.01. The van der Waals surface area contributed by atoms with Crippen LogP contribution in [0.5, 0.6) is 0 Å². The largest absolute Gasteiger partial charge is 0.346 e. The summed E-state index contributed by atoms with van der Waals surface area (Å²) in [5.74, 6) is -0.202. The molecule has 1 aromatic heterocycles. The Labute approximate surface area is 140 Å². The summed E-state index contributed by atoms with van der Waals surface area (Å²) in [7, 11) is -3.32. The van der Waals surface area contributed by atoms with Gasteiger partial charge in [0.2, 0.25) is 15.9 Å². The van der Waals surface area contributed by atoms with Crippen LogP contribution in [-0.4, -0.2) is 20.6 Å². The second kappa shape index (κ2) is 7.43. The van der Waals surface area contributed by atoms with Gasteiger partial charge in [-0.3, -0.25) is 9.52 Å². The molecule has 23 heavy (non-hydrogen) atoms. The summed E-state index contributed by atoms with van der Waals surface area (Å²) < 4.78 is 25.0. The molecular formula is C16H18N2O3S2. The molecule has 2 aromatic rings. The van der Waals surface area contributed by atoms with Crippen molar-refractivity contribution in [2.75, 3.05) is 11.0 Å². The van der Waals surface area contributed by atoms with Gasteiger partial charge in [0.15, 0.2) is 0 Å². The van der Waals surface area contributed by atoms with E-state index in [-0.39, 0.29) is 11.9 Å². The van der Waals surface area contributed by atoms with E-state index in [1.54, 1.807) is 35.6 Å². The zero-order valence-corrected chi connectivity index (χ0v) is 14.4. The maximum absolute atomic E-state index is 11.9. The first-order valence-corrected chi connectivity index (χ1v) is 9.70. The highest BCUT2D eigenvalue weighted by Crippen LogP contribution is 2.18. The molecule has 122 valence electrons. The minimum atomic E-state index is -3.32. The lowest BCUT2D eigenvalue weighted by molar-refractivity contribution is -0.117. The number of hydrogen-bond acceptors (Lipinski definition) is 4. The van der Waals surface area contributed by atoms with Crippen molar-refractivity contribution in [3.05, 3.63) is 58.3 Å². The molecule has 0 aliphatic carbocycles. The molecule has 0 bridgehead atoms.